The third-order valence-corrected chi connectivity index (χ3v) is 13.2. The van der Waals surface area contributed by atoms with Crippen LogP contribution in [0.4, 0.5) is 10.8 Å². The fourth-order valence-corrected chi connectivity index (χ4v) is 9.77. The highest BCUT2D eigenvalue weighted by molar-refractivity contribution is 7.90. The van der Waals surface area contributed by atoms with E-state index >= 15 is 0 Å². The van der Waals surface area contributed by atoms with Crippen molar-refractivity contribution in [3.05, 3.63) is 66.1 Å². The lowest BCUT2D eigenvalue weighted by atomic mass is 10.1. The monoisotopic (exact) mass is 859 g/mol. The first-order chi connectivity index (χ1) is 28.7. The summed E-state index contributed by atoms with van der Waals surface area (Å²) in [6, 6.07) is 12.6. The third-order valence-electron chi connectivity index (χ3n) is 11.1. The lowest BCUT2D eigenvalue weighted by molar-refractivity contribution is -0.147. The number of hydrogen-bond donors (Lipinski definition) is 5. The molecule has 3 aliphatic rings. The summed E-state index contributed by atoms with van der Waals surface area (Å²) in [5.41, 5.74) is 0.534. The number of sulfonamides is 1. The number of rotatable bonds is 10. The summed E-state index contributed by atoms with van der Waals surface area (Å²) in [4.78, 5) is 53.4. The predicted molar refractivity (Wildman–Crippen MR) is 230 cm³/mol. The van der Waals surface area contributed by atoms with Gasteiger partial charge >= 0.3 is 0 Å². The molecule has 5 N–H and O–H groups in total. The van der Waals surface area contributed by atoms with E-state index in [9.17, 15) is 27.9 Å². The molecule has 0 bridgehead atoms. The number of aliphatic hydroxyl groups excluding tert-OH is 1. The van der Waals surface area contributed by atoms with Crippen molar-refractivity contribution in [3.8, 4) is 22.9 Å². The highest BCUT2D eigenvalue weighted by atomic mass is 32.2. The molecule has 2 aliphatic heterocycles. The highest BCUT2D eigenvalue weighted by Crippen LogP contribution is 2.46. The number of hydrogen-bond acceptors (Lipinski definition) is 13. The van der Waals surface area contributed by atoms with Gasteiger partial charge in [-0.3, -0.25) is 14.4 Å². The molecular weight excluding hydrogens is 807 g/mol. The van der Waals surface area contributed by atoms with Gasteiger partial charge in [-0.1, -0.05) is 44.6 Å². The molecule has 7 rings (SSSR count). The number of nitrogens with one attached hydrogen (secondary N) is 4. The summed E-state index contributed by atoms with van der Waals surface area (Å²) in [6.45, 7) is 7.98. The van der Waals surface area contributed by atoms with Gasteiger partial charge in [0, 0.05) is 47.8 Å². The van der Waals surface area contributed by atoms with Crippen LogP contribution < -0.4 is 30.1 Å². The summed E-state index contributed by atoms with van der Waals surface area (Å²) in [5, 5.41) is 23.7. The number of carbonyl (C=O) groups is 3. The Morgan fingerprint density at radius 3 is 2.62 bits per heavy atom. The molecule has 3 amide bonds. The topological polar surface area (TPSA) is 201 Å². The molecular formula is C43H53N7O8S2. The molecule has 4 aromatic rings. The molecule has 15 nitrogen and oxygen atoms in total. The van der Waals surface area contributed by atoms with Crippen LogP contribution in [0.3, 0.4) is 0 Å². The maximum atomic E-state index is 14.5. The lowest BCUT2D eigenvalue weighted by Crippen LogP contribution is -2.57. The number of aliphatic hydroxyl groups is 1. The van der Waals surface area contributed by atoms with Gasteiger partial charge in [-0.15, -0.1) is 11.3 Å². The molecule has 2 aromatic heterocycles. The van der Waals surface area contributed by atoms with Crippen LogP contribution in [-0.4, -0.2) is 96.1 Å². The number of para-hydroxylation sites is 1. The van der Waals surface area contributed by atoms with Crippen LogP contribution in [0.25, 0.3) is 22.3 Å². The normalized spacial score (nSPS) is 23.9. The summed E-state index contributed by atoms with van der Waals surface area (Å²) < 4.78 is 41.9. The number of benzene rings is 2. The number of amides is 3. The number of pyridine rings is 1. The number of thiazole rings is 1. The first kappa shape index (κ1) is 42.8. The van der Waals surface area contributed by atoms with Crippen molar-refractivity contribution in [2.45, 2.75) is 101 Å². The summed E-state index contributed by atoms with van der Waals surface area (Å²) in [7, 11) is -2.79. The van der Waals surface area contributed by atoms with Gasteiger partial charge in [-0.2, -0.15) is 0 Å². The zero-order valence-electron chi connectivity index (χ0n) is 34.4. The number of likely N-dealkylation sites (tertiary alicyclic amines) is 1. The molecule has 4 heterocycles. The second-order valence-corrected chi connectivity index (χ2v) is 18.8. The van der Waals surface area contributed by atoms with Crippen LogP contribution in [0.2, 0.25) is 0 Å². The van der Waals surface area contributed by atoms with Gasteiger partial charge in [0.15, 0.2) is 5.13 Å². The second kappa shape index (κ2) is 17.8. The standard InChI is InChI=1S/C43H53N7O8S2/c1-25(2)38(51)40(53)50-23-29(58-36-21-33(34-24-59-42(47-34)45-26(3)4)46-32-19-28(57-5)16-17-30(32)36)20-35(50)39(52)48-43-22-27(43)13-9-7-6-8-12-18-44-31-14-10-11-15-37(31)60(55,56)49-41(43)54/h9-11,13-17,19,21,24-27,29,35,38,44,51H,6-8,12,18,20,22-23H2,1-5H3,(H,45,47)(H,48,52)(H,49,54)/b13-9-/t27-,29+,35-,38?,43+/m0/s1. The van der Waals surface area contributed by atoms with E-state index in [1.807, 2.05) is 37.4 Å². The Hall–Kier alpha value is -5.26. The minimum absolute atomic E-state index is 0.0202. The molecule has 2 fully saturated rings. The number of nitrogens with zero attached hydrogens (tertiary/aromatic N) is 3. The third kappa shape index (κ3) is 9.22. The van der Waals surface area contributed by atoms with Crippen LogP contribution >= 0.6 is 11.3 Å². The van der Waals surface area contributed by atoms with Gasteiger partial charge in [-0.25, -0.2) is 23.1 Å². The van der Waals surface area contributed by atoms with Gasteiger partial charge in [0.2, 0.25) is 5.91 Å². The Balaban J connectivity index is 1.19. The van der Waals surface area contributed by atoms with Crippen molar-refractivity contribution in [1.82, 2.24) is 24.9 Å². The summed E-state index contributed by atoms with van der Waals surface area (Å²) in [6.07, 6.45) is 5.27. The lowest BCUT2D eigenvalue weighted by Gasteiger charge is -2.29. The fraction of sp³-hybridized carbons (Fsp3) is 0.465. The Kier molecular flexibility index (Phi) is 12.7. The average molecular weight is 860 g/mol. The van der Waals surface area contributed by atoms with E-state index in [2.05, 4.69) is 20.7 Å². The van der Waals surface area contributed by atoms with Gasteiger partial charge in [0.1, 0.15) is 45.9 Å². The van der Waals surface area contributed by atoms with Crippen molar-refractivity contribution in [3.63, 3.8) is 0 Å². The molecule has 0 radical (unpaired) electrons. The molecule has 1 unspecified atom stereocenters. The predicted octanol–water partition coefficient (Wildman–Crippen LogP) is 5.47. The quantitative estimate of drug-likeness (QED) is 0.126. The maximum absolute atomic E-state index is 14.5. The number of anilines is 2. The first-order valence-electron chi connectivity index (χ1n) is 20.4. The van der Waals surface area contributed by atoms with E-state index in [1.54, 1.807) is 57.4 Å². The van der Waals surface area contributed by atoms with Crippen LogP contribution in [0.1, 0.15) is 66.2 Å². The largest absolute Gasteiger partial charge is 0.497 e. The SMILES string of the molecule is COc1ccc2c(O[C@@H]3C[C@@H](C(=O)N[C@]45C[C@@H]4/C=C\CCCCCNc4ccccc4S(=O)(=O)NC5=O)N(C(=O)C(O)C(C)C)C3)cc(-c3csc(NC(C)C)n3)nc2c1. The van der Waals surface area contributed by atoms with Crippen LogP contribution in [0.5, 0.6) is 11.5 Å². The molecule has 5 atom stereocenters. The van der Waals surface area contributed by atoms with Crippen molar-refractivity contribution >= 4 is 60.8 Å². The Morgan fingerprint density at radius 1 is 1.05 bits per heavy atom. The molecule has 17 heteroatoms. The number of aromatic nitrogens is 2. The van der Waals surface area contributed by atoms with Gasteiger partial charge in [0.05, 0.1) is 30.6 Å². The minimum Gasteiger partial charge on any atom is -0.497 e. The van der Waals surface area contributed by atoms with Gasteiger partial charge < -0.3 is 35.4 Å². The van der Waals surface area contributed by atoms with E-state index in [4.69, 9.17) is 19.4 Å². The highest BCUT2D eigenvalue weighted by Gasteiger charge is 2.61. The van der Waals surface area contributed by atoms with Crippen molar-refractivity contribution < 1.29 is 37.4 Å². The fourth-order valence-electron chi connectivity index (χ4n) is 7.69. The number of methoxy groups -OCH3 is 1. The summed E-state index contributed by atoms with van der Waals surface area (Å²) >= 11 is 1.45. The van der Waals surface area contributed by atoms with E-state index in [-0.39, 0.29) is 30.3 Å². The van der Waals surface area contributed by atoms with E-state index in [1.165, 1.54) is 22.3 Å². The van der Waals surface area contributed by atoms with Crippen LogP contribution in [0.15, 0.2) is 71.0 Å². The zero-order valence-corrected chi connectivity index (χ0v) is 36.1. The van der Waals surface area contributed by atoms with Crippen molar-refractivity contribution in [2.75, 3.05) is 30.8 Å². The molecule has 60 heavy (non-hydrogen) atoms. The van der Waals surface area contributed by atoms with Crippen molar-refractivity contribution in [2.24, 2.45) is 11.8 Å². The number of carbonyl (C=O) groups excluding carboxylic acids is 3. The Bertz CT molecular complexity index is 2390. The molecule has 0 spiro atoms. The van der Waals surface area contributed by atoms with Crippen LogP contribution in [0, 0.1) is 11.8 Å². The second-order valence-electron chi connectivity index (χ2n) is 16.3. The maximum Gasteiger partial charge on any atom is 0.266 e. The van der Waals surface area contributed by atoms with Gasteiger partial charge in [-0.05, 0) is 69.7 Å². The Morgan fingerprint density at radius 2 is 1.85 bits per heavy atom. The number of fused-ring (bicyclic) bond motifs is 3. The smallest absolute Gasteiger partial charge is 0.266 e. The van der Waals surface area contributed by atoms with E-state index in [0.717, 1.165) is 30.8 Å². The first-order valence-corrected chi connectivity index (χ1v) is 22.8. The zero-order chi connectivity index (χ0) is 42.8. The Labute approximate surface area is 354 Å². The van der Waals surface area contributed by atoms with E-state index < -0.39 is 63.4 Å². The number of allylic oxidation sites excluding steroid dienone is 1. The van der Waals surface area contributed by atoms with Gasteiger partial charge in [0.25, 0.3) is 21.8 Å². The molecule has 1 saturated heterocycles. The number of ether oxygens (including phenoxy) is 2. The van der Waals surface area contributed by atoms with Crippen LogP contribution in [-0.2, 0) is 24.4 Å². The molecule has 320 valence electrons. The molecule has 1 aliphatic carbocycles. The summed E-state index contributed by atoms with van der Waals surface area (Å²) in [5.74, 6) is -2.10. The molecule has 1 saturated carbocycles. The average Bonchev–Trinajstić information content (AvgIpc) is 3.48. The minimum atomic E-state index is -4.36. The van der Waals surface area contributed by atoms with E-state index in [0.29, 0.717) is 46.0 Å². The van der Waals surface area contributed by atoms with Crippen molar-refractivity contribution in [1.29, 1.82) is 0 Å². The molecule has 2 aromatic carbocycles.